The molecule has 11 nitrogen and oxygen atoms in total. The summed E-state index contributed by atoms with van der Waals surface area (Å²) >= 11 is 0. The van der Waals surface area contributed by atoms with Crippen LogP contribution in [0.15, 0.2) is 51.7 Å². The van der Waals surface area contributed by atoms with E-state index in [1.807, 2.05) is 0 Å². The van der Waals surface area contributed by atoms with Crippen molar-refractivity contribution in [1.29, 1.82) is 0 Å². The van der Waals surface area contributed by atoms with Crippen LogP contribution in [0.25, 0.3) is 22.9 Å². The van der Waals surface area contributed by atoms with Gasteiger partial charge in [-0.05, 0) is 44.2 Å². The first-order valence-corrected chi connectivity index (χ1v) is 11.1. The number of carbonyl (C=O) groups is 2. The Labute approximate surface area is 207 Å². The lowest BCUT2D eigenvalue weighted by Crippen LogP contribution is -2.19. The topological polar surface area (TPSA) is 156 Å². The van der Waals surface area contributed by atoms with Crippen molar-refractivity contribution < 1.29 is 32.4 Å². The number of pyridine rings is 1. The van der Waals surface area contributed by atoms with Gasteiger partial charge in [-0.3, -0.25) is 9.59 Å². The number of hydrogen-bond donors (Lipinski definition) is 3. The number of aliphatic carboxylic acids is 1. The predicted molar refractivity (Wildman–Crippen MR) is 124 cm³/mol. The van der Waals surface area contributed by atoms with Crippen molar-refractivity contribution in [2.24, 2.45) is 11.8 Å². The summed E-state index contributed by atoms with van der Waals surface area (Å²) in [6.45, 7) is 3.60. The highest BCUT2D eigenvalue weighted by molar-refractivity contribution is 6.00. The molecule has 4 aromatic heterocycles. The minimum absolute atomic E-state index is 0.180. The molecular weight excluding hydrogens is 490 g/mol. The number of aryl methyl sites for hydroxylation is 2. The SMILES string of the molecule is Cc1nc(-c2onc(C)c2CNc2nccc(-c3ccco3)n2)ccc1NC(=O)C1C(C(=O)O)C1(F)F. The highest BCUT2D eigenvalue weighted by atomic mass is 19.3. The molecule has 2 atom stereocenters. The Morgan fingerprint density at radius 1 is 1.08 bits per heavy atom. The van der Waals surface area contributed by atoms with E-state index in [4.69, 9.17) is 14.0 Å². The highest BCUT2D eigenvalue weighted by Gasteiger charge is 2.76. The highest BCUT2D eigenvalue weighted by Crippen LogP contribution is 2.55. The number of carboxylic acid groups (broad SMARTS) is 1. The molecule has 0 spiro atoms. The van der Waals surface area contributed by atoms with Gasteiger partial charge in [-0.25, -0.2) is 23.7 Å². The Morgan fingerprint density at radius 3 is 2.57 bits per heavy atom. The number of halogens is 2. The maximum Gasteiger partial charge on any atom is 0.313 e. The van der Waals surface area contributed by atoms with Crippen LogP contribution in [0.4, 0.5) is 20.4 Å². The summed E-state index contributed by atoms with van der Waals surface area (Å²) in [5.74, 6) is -9.00. The summed E-state index contributed by atoms with van der Waals surface area (Å²) in [4.78, 5) is 36.3. The van der Waals surface area contributed by atoms with Crippen molar-refractivity contribution in [3.8, 4) is 22.9 Å². The predicted octanol–water partition coefficient (Wildman–Crippen LogP) is 3.92. The number of anilines is 2. The average Bonchev–Trinajstić information content (AvgIpc) is 3.22. The van der Waals surface area contributed by atoms with Gasteiger partial charge in [-0.15, -0.1) is 0 Å². The first kappa shape index (κ1) is 24.0. The van der Waals surface area contributed by atoms with Crippen molar-refractivity contribution in [3.05, 3.63) is 59.7 Å². The second-order valence-electron chi connectivity index (χ2n) is 8.46. The number of aromatic nitrogens is 4. The van der Waals surface area contributed by atoms with Gasteiger partial charge in [0.15, 0.2) is 11.5 Å². The van der Waals surface area contributed by atoms with Crippen molar-refractivity contribution in [3.63, 3.8) is 0 Å². The van der Waals surface area contributed by atoms with E-state index in [0.717, 1.165) is 0 Å². The van der Waals surface area contributed by atoms with E-state index in [-0.39, 0.29) is 12.2 Å². The van der Waals surface area contributed by atoms with Gasteiger partial charge in [0.1, 0.15) is 23.2 Å². The summed E-state index contributed by atoms with van der Waals surface area (Å²) in [6.07, 6.45) is 3.15. The van der Waals surface area contributed by atoms with E-state index < -0.39 is 29.6 Å². The minimum Gasteiger partial charge on any atom is -0.481 e. The number of carbonyl (C=O) groups excluding carboxylic acids is 1. The van der Waals surface area contributed by atoms with Crippen LogP contribution in [-0.4, -0.2) is 43.0 Å². The van der Waals surface area contributed by atoms with Gasteiger partial charge in [-0.1, -0.05) is 5.16 Å². The van der Waals surface area contributed by atoms with E-state index in [1.165, 1.54) is 6.07 Å². The van der Waals surface area contributed by atoms with E-state index in [9.17, 15) is 18.4 Å². The largest absolute Gasteiger partial charge is 0.481 e. The number of rotatable bonds is 8. The van der Waals surface area contributed by atoms with E-state index in [2.05, 4.69) is 30.7 Å². The molecule has 1 amide bonds. The van der Waals surface area contributed by atoms with E-state index in [1.54, 1.807) is 50.6 Å². The Bertz CT molecular complexity index is 1490. The van der Waals surface area contributed by atoms with Crippen LogP contribution >= 0.6 is 0 Å². The minimum atomic E-state index is -3.59. The standard InChI is InChI=1S/C24H20F2N6O5/c1-11-13(10-28-23-27-8-7-15(31-23)17-4-3-9-36-17)20(37-32-11)16-6-5-14(12(2)29-16)30-21(33)18-19(22(34)35)24(18,25)26/h3-9,18-19H,10H2,1-2H3,(H,30,33)(H,34,35)(H,27,28,31). The Hall–Kier alpha value is -4.68. The van der Waals surface area contributed by atoms with Gasteiger partial charge in [0.2, 0.25) is 11.9 Å². The zero-order valence-electron chi connectivity index (χ0n) is 19.5. The molecule has 0 aliphatic heterocycles. The summed E-state index contributed by atoms with van der Waals surface area (Å²) < 4.78 is 38.2. The first-order chi connectivity index (χ1) is 17.7. The molecule has 4 heterocycles. The third kappa shape index (κ3) is 4.50. The van der Waals surface area contributed by atoms with Crippen LogP contribution in [0, 0.1) is 25.7 Å². The molecule has 1 aliphatic rings. The molecule has 1 fully saturated rings. The third-order valence-electron chi connectivity index (χ3n) is 6.02. The van der Waals surface area contributed by atoms with Crippen LogP contribution in [0.1, 0.15) is 17.0 Å². The lowest BCUT2D eigenvalue weighted by Gasteiger charge is -2.10. The van der Waals surface area contributed by atoms with Gasteiger partial charge in [0.25, 0.3) is 5.92 Å². The third-order valence-corrected chi connectivity index (χ3v) is 6.02. The number of nitrogens with zero attached hydrogens (tertiary/aromatic N) is 4. The van der Waals surface area contributed by atoms with Crippen molar-refractivity contribution >= 4 is 23.5 Å². The van der Waals surface area contributed by atoms with Crippen LogP contribution < -0.4 is 10.6 Å². The smallest absolute Gasteiger partial charge is 0.313 e. The fourth-order valence-electron chi connectivity index (χ4n) is 3.96. The van der Waals surface area contributed by atoms with Crippen LogP contribution in [0.5, 0.6) is 0 Å². The molecule has 5 rings (SSSR count). The number of alkyl halides is 2. The Kier molecular flexibility index (Phi) is 5.90. The molecule has 1 aliphatic carbocycles. The van der Waals surface area contributed by atoms with Gasteiger partial charge < -0.3 is 24.7 Å². The summed E-state index contributed by atoms with van der Waals surface area (Å²) in [5.41, 5.74) is 2.82. The molecular formula is C24H20F2N6O5. The fraction of sp³-hybridized carbons (Fsp3) is 0.250. The van der Waals surface area contributed by atoms with Crippen molar-refractivity contribution in [2.45, 2.75) is 26.3 Å². The molecule has 2 unspecified atom stereocenters. The molecule has 0 bridgehead atoms. The monoisotopic (exact) mass is 510 g/mol. The Morgan fingerprint density at radius 2 is 1.89 bits per heavy atom. The quantitative estimate of drug-likeness (QED) is 0.317. The van der Waals surface area contributed by atoms with E-state index in [0.29, 0.717) is 45.8 Å². The molecule has 37 heavy (non-hydrogen) atoms. The fourth-order valence-corrected chi connectivity index (χ4v) is 3.96. The number of furan rings is 1. The Balaban J connectivity index is 1.31. The number of amides is 1. The van der Waals surface area contributed by atoms with Crippen LogP contribution in [0.2, 0.25) is 0 Å². The maximum atomic E-state index is 13.7. The van der Waals surface area contributed by atoms with Crippen LogP contribution in [0.3, 0.4) is 0 Å². The van der Waals surface area contributed by atoms with E-state index >= 15 is 0 Å². The zero-order valence-corrected chi connectivity index (χ0v) is 19.5. The summed E-state index contributed by atoms with van der Waals surface area (Å²) in [7, 11) is 0. The lowest BCUT2D eigenvalue weighted by molar-refractivity contribution is -0.141. The molecule has 0 aromatic carbocycles. The van der Waals surface area contributed by atoms with Gasteiger partial charge in [-0.2, -0.15) is 0 Å². The zero-order chi connectivity index (χ0) is 26.3. The summed E-state index contributed by atoms with van der Waals surface area (Å²) in [6, 6.07) is 8.29. The second-order valence-corrected chi connectivity index (χ2v) is 8.46. The lowest BCUT2D eigenvalue weighted by atomic mass is 10.1. The first-order valence-electron chi connectivity index (χ1n) is 11.1. The van der Waals surface area contributed by atoms with Crippen molar-refractivity contribution in [2.75, 3.05) is 10.6 Å². The number of carboxylic acids is 1. The van der Waals surface area contributed by atoms with Crippen molar-refractivity contribution in [1.82, 2.24) is 20.1 Å². The van der Waals surface area contributed by atoms with Crippen LogP contribution in [-0.2, 0) is 16.1 Å². The number of hydrogen-bond acceptors (Lipinski definition) is 9. The molecule has 0 radical (unpaired) electrons. The molecule has 1 saturated carbocycles. The van der Waals surface area contributed by atoms with Gasteiger partial charge >= 0.3 is 5.97 Å². The van der Waals surface area contributed by atoms with Gasteiger partial charge in [0.05, 0.1) is 23.3 Å². The molecule has 13 heteroatoms. The average molecular weight is 510 g/mol. The normalized spacial score (nSPS) is 17.8. The second kappa shape index (κ2) is 9.08. The summed E-state index contributed by atoms with van der Waals surface area (Å²) in [5, 5.41) is 18.4. The number of nitrogens with one attached hydrogen (secondary N) is 2. The molecule has 4 aromatic rings. The maximum absolute atomic E-state index is 13.7. The van der Waals surface area contributed by atoms with Gasteiger partial charge in [0, 0.05) is 18.3 Å². The molecule has 190 valence electrons. The molecule has 0 saturated heterocycles. The molecule has 3 N–H and O–H groups in total.